The van der Waals surface area contributed by atoms with Crippen LogP contribution in [-0.4, -0.2) is 54.0 Å². The number of ether oxygens (including phenoxy) is 1. The Bertz CT molecular complexity index is 1620. The van der Waals surface area contributed by atoms with Crippen LogP contribution >= 0.6 is 0 Å². The topological polar surface area (TPSA) is 83.5 Å². The molecule has 1 atom stereocenters. The van der Waals surface area contributed by atoms with Gasteiger partial charge in [0.15, 0.2) is 0 Å². The first-order valence-corrected chi connectivity index (χ1v) is 13.5. The molecule has 214 valence electrons. The van der Waals surface area contributed by atoms with Crippen LogP contribution in [0.2, 0.25) is 0 Å². The van der Waals surface area contributed by atoms with Gasteiger partial charge in [0.1, 0.15) is 11.6 Å². The van der Waals surface area contributed by atoms with Gasteiger partial charge in [-0.25, -0.2) is 23.7 Å². The molecular weight excluding hydrogens is 526 g/mol. The van der Waals surface area contributed by atoms with E-state index in [0.717, 1.165) is 27.8 Å². The Balaban J connectivity index is 1.49. The zero-order valence-corrected chi connectivity index (χ0v) is 24.1. The number of carbonyl (C=O) groups is 1. The number of hydrogen-bond donors (Lipinski definition) is 1. The molecule has 1 amide bonds. The van der Waals surface area contributed by atoms with E-state index in [2.05, 4.69) is 20.3 Å². The number of pyridine rings is 1. The first-order chi connectivity index (χ1) is 19.5. The lowest BCUT2D eigenvalue weighted by atomic mass is 9.97. The number of rotatable bonds is 8. The van der Waals surface area contributed by atoms with Gasteiger partial charge in [0, 0.05) is 49.8 Å². The second-order valence-corrected chi connectivity index (χ2v) is 10.7. The molecule has 1 aliphatic rings. The van der Waals surface area contributed by atoms with Crippen LogP contribution in [-0.2, 0) is 23.6 Å². The Kier molecular flexibility index (Phi) is 7.50. The van der Waals surface area contributed by atoms with Gasteiger partial charge in [-0.05, 0) is 55.7 Å². The van der Waals surface area contributed by atoms with E-state index in [1.165, 1.54) is 18.1 Å². The van der Waals surface area contributed by atoms with Crippen molar-refractivity contribution >= 4 is 34.0 Å². The van der Waals surface area contributed by atoms with Crippen molar-refractivity contribution in [3.05, 3.63) is 76.7 Å². The van der Waals surface area contributed by atoms with E-state index in [-0.39, 0.29) is 30.4 Å². The molecule has 5 rings (SSSR count). The number of aromatic nitrogens is 3. The van der Waals surface area contributed by atoms with Crippen molar-refractivity contribution in [3.8, 4) is 5.88 Å². The molecule has 0 saturated heterocycles. The number of methoxy groups -OCH3 is 1. The van der Waals surface area contributed by atoms with Crippen LogP contribution < -0.4 is 15.0 Å². The smallest absolute Gasteiger partial charge is 0.273 e. The fourth-order valence-electron chi connectivity index (χ4n) is 5.33. The van der Waals surface area contributed by atoms with Gasteiger partial charge in [0.05, 0.1) is 37.0 Å². The molecule has 8 nitrogen and oxygen atoms in total. The average molecular weight is 561 g/mol. The summed E-state index contributed by atoms with van der Waals surface area (Å²) in [6, 6.07) is 12.7. The Morgan fingerprint density at radius 1 is 1.12 bits per heavy atom. The maximum Gasteiger partial charge on any atom is 0.273 e. The molecule has 2 heterocycles. The molecule has 2 aromatic carbocycles. The van der Waals surface area contributed by atoms with Gasteiger partial charge in [-0.3, -0.25) is 4.79 Å². The lowest BCUT2D eigenvalue weighted by Crippen LogP contribution is -2.24. The average Bonchev–Trinajstić information content (AvgIpc) is 3.26. The summed E-state index contributed by atoms with van der Waals surface area (Å²) in [4.78, 5) is 29.6. The maximum absolute atomic E-state index is 14.4. The second-order valence-electron chi connectivity index (χ2n) is 10.7. The standard InChI is InChI=1S/C31H34F2N6O2/c1-18(23-8-7-9-26-24(23)12-13-31(26,32)33)35-29-25-16-21(10-11-27(25)36-19(2)37-29)39(5)22-14-20(15-28(40)38(3)4)30(41-6)34-17-22/h7-11,14,16-18H,12-13,15H2,1-6H3,(H,35,36,37). The summed E-state index contributed by atoms with van der Waals surface area (Å²) in [6.45, 7) is 3.79. The minimum Gasteiger partial charge on any atom is -0.481 e. The predicted molar refractivity (Wildman–Crippen MR) is 156 cm³/mol. The van der Waals surface area contributed by atoms with Crippen LogP contribution in [0.3, 0.4) is 0 Å². The first kappa shape index (κ1) is 28.2. The molecule has 1 aliphatic carbocycles. The SMILES string of the molecule is COc1ncc(N(C)c2ccc3nc(C)nc(NC(C)c4cccc5c4CCC5(F)F)c3c2)cc1CC(=O)N(C)C. The Hall–Kier alpha value is -4.34. The van der Waals surface area contributed by atoms with E-state index in [9.17, 15) is 13.6 Å². The van der Waals surface area contributed by atoms with E-state index in [0.29, 0.717) is 35.1 Å². The van der Waals surface area contributed by atoms with E-state index >= 15 is 0 Å². The van der Waals surface area contributed by atoms with Gasteiger partial charge in [0.25, 0.3) is 5.92 Å². The third-order valence-corrected chi connectivity index (χ3v) is 7.63. The number of likely N-dealkylation sites (N-methyl/N-ethyl adjacent to an activating group) is 1. The molecule has 0 aliphatic heterocycles. The van der Waals surface area contributed by atoms with Crippen LogP contribution in [0.1, 0.15) is 47.5 Å². The first-order valence-electron chi connectivity index (χ1n) is 13.5. The largest absolute Gasteiger partial charge is 0.481 e. The molecular formula is C31H34F2N6O2. The van der Waals surface area contributed by atoms with Crippen molar-refractivity contribution < 1.29 is 18.3 Å². The number of fused-ring (bicyclic) bond motifs is 2. The summed E-state index contributed by atoms with van der Waals surface area (Å²) >= 11 is 0. The lowest BCUT2D eigenvalue weighted by Gasteiger charge is -2.23. The number of aryl methyl sites for hydroxylation is 1. The molecule has 1 unspecified atom stereocenters. The van der Waals surface area contributed by atoms with Crippen molar-refractivity contribution in [1.29, 1.82) is 0 Å². The highest BCUT2D eigenvalue weighted by Gasteiger charge is 2.40. The Morgan fingerprint density at radius 2 is 1.90 bits per heavy atom. The molecule has 0 fully saturated rings. The number of amides is 1. The van der Waals surface area contributed by atoms with Gasteiger partial charge >= 0.3 is 0 Å². The zero-order chi connectivity index (χ0) is 29.5. The number of nitrogens with one attached hydrogen (secondary N) is 1. The quantitative estimate of drug-likeness (QED) is 0.285. The van der Waals surface area contributed by atoms with E-state index in [1.807, 2.05) is 56.1 Å². The molecule has 41 heavy (non-hydrogen) atoms. The second kappa shape index (κ2) is 10.9. The van der Waals surface area contributed by atoms with Crippen molar-refractivity contribution in [3.63, 3.8) is 0 Å². The zero-order valence-electron chi connectivity index (χ0n) is 24.1. The fraction of sp³-hybridized carbons (Fsp3) is 0.355. The number of hydrogen-bond acceptors (Lipinski definition) is 7. The summed E-state index contributed by atoms with van der Waals surface area (Å²) in [5.74, 6) is -1.21. The summed E-state index contributed by atoms with van der Waals surface area (Å²) in [6.07, 6.45) is 2.05. The Morgan fingerprint density at radius 3 is 2.63 bits per heavy atom. The highest BCUT2D eigenvalue weighted by atomic mass is 19.3. The predicted octanol–water partition coefficient (Wildman–Crippen LogP) is 5.95. The lowest BCUT2D eigenvalue weighted by molar-refractivity contribution is -0.128. The van der Waals surface area contributed by atoms with Crippen molar-refractivity contribution in [2.24, 2.45) is 0 Å². The van der Waals surface area contributed by atoms with Crippen LogP contribution in [0.25, 0.3) is 10.9 Å². The van der Waals surface area contributed by atoms with Crippen LogP contribution in [0.15, 0.2) is 48.7 Å². The molecule has 0 spiro atoms. The number of alkyl halides is 2. The molecule has 0 bridgehead atoms. The van der Waals surface area contributed by atoms with Gasteiger partial charge in [-0.2, -0.15) is 0 Å². The molecule has 4 aromatic rings. The summed E-state index contributed by atoms with van der Waals surface area (Å²) < 4.78 is 34.2. The fourth-order valence-corrected chi connectivity index (χ4v) is 5.33. The minimum atomic E-state index is -2.79. The van der Waals surface area contributed by atoms with Gasteiger partial charge in [0.2, 0.25) is 11.8 Å². The van der Waals surface area contributed by atoms with Crippen molar-refractivity contribution in [1.82, 2.24) is 19.9 Å². The number of halogens is 2. The summed E-state index contributed by atoms with van der Waals surface area (Å²) in [7, 11) is 6.87. The third-order valence-electron chi connectivity index (χ3n) is 7.63. The molecule has 1 N–H and O–H groups in total. The highest BCUT2D eigenvalue weighted by Crippen LogP contribution is 2.44. The maximum atomic E-state index is 14.4. The van der Waals surface area contributed by atoms with Crippen LogP contribution in [0, 0.1) is 6.92 Å². The third kappa shape index (κ3) is 5.51. The van der Waals surface area contributed by atoms with Gasteiger partial charge in [-0.15, -0.1) is 0 Å². The molecule has 0 saturated carbocycles. The monoisotopic (exact) mass is 560 g/mol. The normalized spacial score (nSPS) is 14.4. The number of nitrogens with zero attached hydrogens (tertiary/aromatic N) is 5. The highest BCUT2D eigenvalue weighted by molar-refractivity contribution is 5.92. The van der Waals surface area contributed by atoms with Crippen molar-refractivity contribution in [2.45, 2.75) is 45.1 Å². The van der Waals surface area contributed by atoms with E-state index in [1.54, 1.807) is 26.4 Å². The van der Waals surface area contributed by atoms with E-state index in [4.69, 9.17) is 4.74 Å². The summed E-state index contributed by atoms with van der Waals surface area (Å²) in [5, 5.41) is 4.28. The summed E-state index contributed by atoms with van der Waals surface area (Å²) in [5.41, 5.74) is 4.77. The Labute approximate surface area is 238 Å². The van der Waals surface area contributed by atoms with Crippen LogP contribution in [0.4, 0.5) is 26.0 Å². The minimum absolute atomic E-state index is 0.0549. The number of carbonyl (C=O) groups excluding carboxylic acids is 1. The molecule has 0 radical (unpaired) electrons. The van der Waals surface area contributed by atoms with E-state index < -0.39 is 5.92 Å². The molecule has 2 aromatic heterocycles. The van der Waals surface area contributed by atoms with Gasteiger partial charge in [-0.1, -0.05) is 18.2 Å². The van der Waals surface area contributed by atoms with Crippen molar-refractivity contribution in [2.75, 3.05) is 38.5 Å². The van der Waals surface area contributed by atoms with Crippen LogP contribution in [0.5, 0.6) is 5.88 Å². The van der Waals surface area contributed by atoms with Gasteiger partial charge < -0.3 is 19.9 Å². The number of anilines is 3. The molecule has 10 heteroatoms. The number of benzene rings is 2.